The SMILES string of the molecule is COC(=O)c1cc(C(C)CON)oc1C. The van der Waals surface area contributed by atoms with E-state index in [1.807, 2.05) is 6.92 Å². The molecular formula is C10H15NO4. The second kappa shape index (κ2) is 4.95. The number of methoxy groups -OCH3 is 1. The van der Waals surface area contributed by atoms with E-state index in [4.69, 9.17) is 10.3 Å². The molecular weight excluding hydrogens is 198 g/mol. The predicted octanol–water partition coefficient (Wildman–Crippen LogP) is 1.37. The molecule has 84 valence electrons. The molecule has 0 amide bonds. The monoisotopic (exact) mass is 213 g/mol. The lowest BCUT2D eigenvalue weighted by Gasteiger charge is -2.04. The highest BCUT2D eigenvalue weighted by Crippen LogP contribution is 2.22. The minimum absolute atomic E-state index is 0.00658. The van der Waals surface area contributed by atoms with Crippen LogP contribution in [0.5, 0.6) is 0 Å². The molecule has 0 spiro atoms. The topological polar surface area (TPSA) is 74.7 Å². The van der Waals surface area contributed by atoms with Gasteiger partial charge in [0, 0.05) is 5.92 Å². The number of esters is 1. The first-order valence-electron chi connectivity index (χ1n) is 4.60. The van der Waals surface area contributed by atoms with Gasteiger partial charge in [0.1, 0.15) is 17.1 Å². The van der Waals surface area contributed by atoms with E-state index in [0.29, 0.717) is 23.7 Å². The molecule has 1 unspecified atom stereocenters. The number of hydrogen-bond donors (Lipinski definition) is 1. The summed E-state index contributed by atoms with van der Waals surface area (Å²) in [4.78, 5) is 15.8. The van der Waals surface area contributed by atoms with Crippen LogP contribution in [0.25, 0.3) is 0 Å². The van der Waals surface area contributed by atoms with Crippen LogP contribution in [0.15, 0.2) is 10.5 Å². The standard InChI is InChI=1S/C10H15NO4/c1-6(5-14-11)9-4-8(7(2)15-9)10(12)13-3/h4,6H,5,11H2,1-3H3. The Labute approximate surface area is 88.1 Å². The maximum Gasteiger partial charge on any atom is 0.341 e. The van der Waals surface area contributed by atoms with Crippen LogP contribution in [0.1, 0.15) is 34.7 Å². The Bertz CT molecular complexity index is 345. The zero-order valence-electron chi connectivity index (χ0n) is 9.07. The van der Waals surface area contributed by atoms with E-state index in [-0.39, 0.29) is 5.92 Å². The van der Waals surface area contributed by atoms with Gasteiger partial charge < -0.3 is 14.0 Å². The molecule has 1 aromatic rings. The highest BCUT2D eigenvalue weighted by molar-refractivity contribution is 5.90. The van der Waals surface area contributed by atoms with Gasteiger partial charge in [0.05, 0.1) is 13.7 Å². The lowest BCUT2D eigenvalue weighted by molar-refractivity contribution is 0.0599. The van der Waals surface area contributed by atoms with E-state index in [9.17, 15) is 4.79 Å². The van der Waals surface area contributed by atoms with Gasteiger partial charge in [0.15, 0.2) is 0 Å². The summed E-state index contributed by atoms with van der Waals surface area (Å²) in [6, 6.07) is 1.66. The fourth-order valence-corrected chi connectivity index (χ4v) is 1.29. The second-order valence-corrected chi connectivity index (χ2v) is 3.34. The van der Waals surface area contributed by atoms with E-state index in [1.54, 1.807) is 13.0 Å². The van der Waals surface area contributed by atoms with Crippen LogP contribution >= 0.6 is 0 Å². The van der Waals surface area contributed by atoms with Crippen molar-refractivity contribution in [3.8, 4) is 0 Å². The van der Waals surface area contributed by atoms with E-state index in [1.165, 1.54) is 7.11 Å². The summed E-state index contributed by atoms with van der Waals surface area (Å²) in [5, 5.41) is 0. The summed E-state index contributed by atoms with van der Waals surface area (Å²) in [6.07, 6.45) is 0. The van der Waals surface area contributed by atoms with Crippen molar-refractivity contribution in [3.63, 3.8) is 0 Å². The third-order valence-electron chi connectivity index (χ3n) is 2.17. The Morgan fingerprint density at radius 2 is 2.33 bits per heavy atom. The number of carbonyl (C=O) groups excluding carboxylic acids is 1. The third kappa shape index (κ3) is 2.57. The van der Waals surface area contributed by atoms with Gasteiger partial charge in [0.25, 0.3) is 0 Å². The molecule has 0 saturated heterocycles. The molecule has 0 aliphatic carbocycles. The Morgan fingerprint density at radius 3 is 2.87 bits per heavy atom. The largest absolute Gasteiger partial charge is 0.465 e. The zero-order chi connectivity index (χ0) is 11.4. The van der Waals surface area contributed by atoms with Crippen LogP contribution in [0.3, 0.4) is 0 Å². The molecule has 0 aliphatic heterocycles. The highest BCUT2D eigenvalue weighted by Gasteiger charge is 2.18. The number of carbonyl (C=O) groups is 1. The Balaban J connectivity index is 2.90. The van der Waals surface area contributed by atoms with Gasteiger partial charge in [0.2, 0.25) is 0 Å². The molecule has 15 heavy (non-hydrogen) atoms. The molecule has 2 N–H and O–H groups in total. The first-order valence-corrected chi connectivity index (χ1v) is 4.60. The van der Waals surface area contributed by atoms with Gasteiger partial charge in [-0.3, -0.25) is 0 Å². The number of rotatable bonds is 4. The summed E-state index contributed by atoms with van der Waals surface area (Å²) in [6.45, 7) is 3.95. The quantitative estimate of drug-likeness (QED) is 0.604. The van der Waals surface area contributed by atoms with Crippen LogP contribution in [0, 0.1) is 6.92 Å². The molecule has 1 aromatic heterocycles. The average molecular weight is 213 g/mol. The van der Waals surface area contributed by atoms with Gasteiger partial charge in [-0.05, 0) is 13.0 Å². The molecule has 1 heterocycles. The molecule has 1 rings (SSSR count). The van der Waals surface area contributed by atoms with Crippen molar-refractivity contribution in [3.05, 3.63) is 23.2 Å². The lowest BCUT2D eigenvalue weighted by atomic mass is 10.1. The predicted molar refractivity (Wildman–Crippen MR) is 53.3 cm³/mol. The van der Waals surface area contributed by atoms with Crippen molar-refractivity contribution in [1.82, 2.24) is 0 Å². The van der Waals surface area contributed by atoms with Gasteiger partial charge in [-0.25, -0.2) is 10.7 Å². The van der Waals surface area contributed by atoms with E-state index >= 15 is 0 Å². The molecule has 5 heteroatoms. The summed E-state index contributed by atoms with van der Waals surface area (Å²) in [7, 11) is 1.33. The summed E-state index contributed by atoms with van der Waals surface area (Å²) in [5.74, 6) is 5.78. The molecule has 0 saturated carbocycles. The maximum atomic E-state index is 11.3. The van der Waals surface area contributed by atoms with E-state index in [2.05, 4.69) is 9.57 Å². The first-order chi connectivity index (χ1) is 7.10. The molecule has 0 radical (unpaired) electrons. The minimum Gasteiger partial charge on any atom is -0.465 e. The number of hydrogen-bond acceptors (Lipinski definition) is 5. The number of nitrogens with two attached hydrogens (primary N) is 1. The highest BCUT2D eigenvalue weighted by atomic mass is 16.6. The summed E-state index contributed by atoms with van der Waals surface area (Å²) >= 11 is 0. The third-order valence-corrected chi connectivity index (χ3v) is 2.17. The number of ether oxygens (including phenoxy) is 1. The van der Waals surface area contributed by atoms with Crippen molar-refractivity contribution in [2.45, 2.75) is 19.8 Å². The molecule has 0 bridgehead atoms. The van der Waals surface area contributed by atoms with Crippen LogP contribution in [0.2, 0.25) is 0 Å². The average Bonchev–Trinajstić information content (AvgIpc) is 2.60. The second-order valence-electron chi connectivity index (χ2n) is 3.34. The van der Waals surface area contributed by atoms with Crippen LogP contribution < -0.4 is 5.90 Å². The van der Waals surface area contributed by atoms with Crippen LogP contribution in [-0.4, -0.2) is 19.7 Å². The maximum absolute atomic E-state index is 11.3. The van der Waals surface area contributed by atoms with Crippen molar-refractivity contribution in [2.75, 3.05) is 13.7 Å². The lowest BCUT2D eigenvalue weighted by Crippen LogP contribution is -2.07. The Morgan fingerprint density at radius 1 is 1.67 bits per heavy atom. The molecule has 0 aromatic carbocycles. The first kappa shape index (κ1) is 11.7. The van der Waals surface area contributed by atoms with Crippen LogP contribution in [0.4, 0.5) is 0 Å². The summed E-state index contributed by atoms with van der Waals surface area (Å²) in [5.41, 5.74) is 0.441. The van der Waals surface area contributed by atoms with Crippen molar-refractivity contribution >= 4 is 5.97 Å². The van der Waals surface area contributed by atoms with Crippen molar-refractivity contribution in [1.29, 1.82) is 0 Å². The van der Waals surface area contributed by atoms with Gasteiger partial charge >= 0.3 is 5.97 Å². The zero-order valence-corrected chi connectivity index (χ0v) is 9.07. The fraction of sp³-hybridized carbons (Fsp3) is 0.500. The Hall–Kier alpha value is -1.33. The van der Waals surface area contributed by atoms with Gasteiger partial charge in [-0.2, -0.15) is 0 Å². The normalized spacial score (nSPS) is 12.5. The smallest absolute Gasteiger partial charge is 0.341 e. The number of furan rings is 1. The van der Waals surface area contributed by atoms with Gasteiger partial charge in [-0.1, -0.05) is 6.92 Å². The molecule has 5 nitrogen and oxygen atoms in total. The molecule has 0 fully saturated rings. The van der Waals surface area contributed by atoms with Gasteiger partial charge in [-0.15, -0.1) is 0 Å². The molecule has 0 aliphatic rings. The van der Waals surface area contributed by atoms with Crippen molar-refractivity contribution < 1.29 is 18.8 Å². The minimum atomic E-state index is -0.400. The molecule has 1 atom stereocenters. The van der Waals surface area contributed by atoms with E-state index in [0.717, 1.165) is 0 Å². The fourth-order valence-electron chi connectivity index (χ4n) is 1.29. The summed E-state index contributed by atoms with van der Waals surface area (Å²) < 4.78 is 10.0. The van der Waals surface area contributed by atoms with Crippen molar-refractivity contribution in [2.24, 2.45) is 5.90 Å². The number of aryl methyl sites for hydroxylation is 1. The van der Waals surface area contributed by atoms with Crippen LogP contribution in [-0.2, 0) is 9.57 Å². The van der Waals surface area contributed by atoms with E-state index < -0.39 is 5.97 Å². The Kier molecular flexibility index (Phi) is 3.88.